The van der Waals surface area contributed by atoms with Crippen LogP contribution < -0.4 is 4.74 Å². The minimum absolute atomic E-state index is 0.253. The second kappa shape index (κ2) is 8.20. The number of piperidine rings is 1. The van der Waals surface area contributed by atoms with Crippen molar-refractivity contribution < 1.29 is 9.13 Å². The van der Waals surface area contributed by atoms with Crippen LogP contribution in [0.25, 0.3) is 32.6 Å². The van der Waals surface area contributed by atoms with E-state index in [1.807, 2.05) is 29.8 Å². The quantitative estimate of drug-likeness (QED) is 0.424. The molecule has 4 aromatic rings. The van der Waals surface area contributed by atoms with Gasteiger partial charge in [-0.05, 0) is 50.2 Å². The van der Waals surface area contributed by atoms with Crippen LogP contribution in [0.15, 0.2) is 48.8 Å². The number of aromatic nitrogens is 2. The zero-order valence-electron chi connectivity index (χ0n) is 17.0. The average Bonchev–Trinajstić information content (AvgIpc) is 3.41. The summed E-state index contributed by atoms with van der Waals surface area (Å²) in [7, 11) is 1.50. The van der Waals surface area contributed by atoms with E-state index >= 15 is 0 Å². The van der Waals surface area contributed by atoms with Crippen molar-refractivity contribution in [2.45, 2.75) is 25.8 Å². The molecule has 0 atom stereocenters. The van der Waals surface area contributed by atoms with Crippen molar-refractivity contribution in [2.75, 3.05) is 20.2 Å². The Labute approximate surface area is 179 Å². The first-order valence-corrected chi connectivity index (χ1v) is 11.2. The van der Waals surface area contributed by atoms with Gasteiger partial charge in [-0.3, -0.25) is 4.90 Å². The van der Waals surface area contributed by atoms with E-state index in [0.717, 1.165) is 34.3 Å². The molecule has 1 aliphatic heterocycles. The molecule has 1 aromatic carbocycles. The third-order valence-corrected chi connectivity index (χ3v) is 6.89. The summed E-state index contributed by atoms with van der Waals surface area (Å²) < 4.78 is 19.6. The summed E-state index contributed by atoms with van der Waals surface area (Å²) in [6, 6.07) is 11.5. The van der Waals surface area contributed by atoms with E-state index in [2.05, 4.69) is 33.1 Å². The number of halogens is 1. The van der Waals surface area contributed by atoms with Crippen LogP contribution in [0.4, 0.5) is 4.39 Å². The Balaban J connectivity index is 1.49. The maximum Gasteiger partial charge on any atom is 0.165 e. The van der Waals surface area contributed by atoms with Gasteiger partial charge >= 0.3 is 0 Å². The third-order valence-electron chi connectivity index (χ3n) is 5.77. The number of likely N-dealkylation sites (tertiary alicyclic amines) is 1. The number of aromatic amines is 1. The number of ether oxygens (including phenoxy) is 1. The topological polar surface area (TPSA) is 41.1 Å². The first-order valence-electron chi connectivity index (χ1n) is 10.3. The van der Waals surface area contributed by atoms with E-state index in [0.29, 0.717) is 0 Å². The van der Waals surface area contributed by atoms with E-state index in [9.17, 15) is 4.39 Å². The molecule has 30 heavy (non-hydrogen) atoms. The van der Waals surface area contributed by atoms with Gasteiger partial charge in [-0.25, -0.2) is 9.37 Å². The van der Waals surface area contributed by atoms with Gasteiger partial charge in [-0.2, -0.15) is 0 Å². The SMILES string of the molecule is COc1c(F)cccc1-c1c[nH]c2ncc(-c3ccc(CN4CCCCC4)s3)cc12. The minimum atomic E-state index is -0.367. The zero-order chi connectivity index (χ0) is 20.5. The Kier molecular flexibility index (Phi) is 5.27. The average molecular weight is 422 g/mol. The zero-order valence-corrected chi connectivity index (χ0v) is 17.8. The summed E-state index contributed by atoms with van der Waals surface area (Å²) in [5.41, 5.74) is 3.47. The van der Waals surface area contributed by atoms with E-state index in [1.165, 1.54) is 55.3 Å². The van der Waals surface area contributed by atoms with E-state index in [4.69, 9.17) is 4.74 Å². The standard InChI is InChI=1S/C24H24FN3OS/c1-29-23-18(6-5-7-21(23)25)20-14-27-24-19(20)12-16(13-26-24)22-9-8-17(30-22)15-28-10-3-2-4-11-28/h5-9,12-14H,2-4,10-11,15H2,1H3,(H,26,27). The number of H-pyrrole nitrogens is 1. The molecule has 5 rings (SSSR count). The molecular formula is C24H24FN3OS. The summed E-state index contributed by atoms with van der Waals surface area (Å²) in [5.74, 6) is -0.113. The van der Waals surface area contributed by atoms with Gasteiger partial charge in [-0.1, -0.05) is 18.6 Å². The Morgan fingerprint density at radius 3 is 2.83 bits per heavy atom. The van der Waals surface area contributed by atoms with Crippen molar-refractivity contribution in [1.29, 1.82) is 0 Å². The lowest BCUT2D eigenvalue weighted by atomic mass is 10.0. The summed E-state index contributed by atoms with van der Waals surface area (Å²) in [5, 5.41) is 0.961. The predicted molar refractivity (Wildman–Crippen MR) is 120 cm³/mol. The molecule has 1 fully saturated rings. The van der Waals surface area contributed by atoms with Crippen LogP contribution in [0.1, 0.15) is 24.1 Å². The molecule has 4 heterocycles. The van der Waals surface area contributed by atoms with E-state index in [-0.39, 0.29) is 11.6 Å². The van der Waals surface area contributed by atoms with Gasteiger partial charge in [0.1, 0.15) is 5.65 Å². The largest absolute Gasteiger partial charge is 0.493 e. The van der Waals surface area contributed by atoms with E-state index in [1.54, 1.807) is 6.07 Å². The highest BCUT2D eigenvalue weighted by molar-refractivity contribution is 7.15. The lowest BCUT2D eigenvalue weighted by molar-refractivity contribution is 0.222. The molecule has 1 saturated heterocycles. The van der Waals surface area contributed by atoms with Crippen molar-refractivity contribution >= 4 is 22.4 Å². The van der Waals surface area contributed by atoms with Gasteiger partial charge < -0.3 is 9.72 Å². The number of hydrogen-bond acceptors (Lipinski definition) is 4. The normalized spacial score (nSPS) is 15.0. The second-order valence-electron chi connectivity index (χ2n) is 7.75. The molecule has 6 heteroatoms. The number of benzene rings is 1. The van der Waals surface area contributed by atoms with Gasteiger partial charge in [0.05, 0.1) is 7.11 Å². The fourth-order valence-electron chi connectivity index (χ4n) is 4.25. The van der Waals surface area contributed by atoms with E-state index < -0.39 is 0 Å². The van der Waals surface area contributed by atoms with Crippen molar-refractivity contribution in [1.82, 2.24) is 14.9 Å². The van der Waals surface area contributed by atoms with Gasteiger partial charge in [0, 0.05) is 50.8 Å². The maximum atomic E-state index is 14.2. The number of rotatable bonds is 5. The van der Waals surface area contributed by atoms with Gasteiger partial charge in [0.2, 0.25) is 0 Å². The summed E-state index contributed by atoms with van der Waals surface area (Å²) in [6.07, 6.45) is 7.74. The number of thiophene rings is 1. The summed E-state index contributed by atoms with van der Waals surface area (Å²) >= 11 is 1.83. The Bertz CT molecular complexity index is 1180. The number of methoxy groups -OCH3 is 1. The lowest BCUT2D eigenvalue weighted by Gasteiger charge is -2.25. The molecular weight excluding hydrogens is 397 g/mol. The molecule has 3 aromatic heterocycles. The van der Waals surface area contributed by atoms with Crippen molar-refractivity contribution in [3.8, 4) is 27.3 Å². The smallest absolute Gasteiger partial charge is 0.165 e. The number of nitrogens with one attached hydrogen (secondary N) is 1. The fourth-order valence-corrected chi connectivity index (χ4v) is 5.28. The van der Waals surface area contributed by atoms with Crippen LogP contribution in [0.2, 0.25) is 0 Å². The maximum absolute atomic E-state index is 14.2. The monoisotopic (exact) mass is 421 g/mol. The van der Waals surface area contributed by atoms with Crippen LogP contribution >= 0.6 is 11.3 Å². The molecule has 0 aliphatic carbocycles. The Hall–Kier alpha value is -2.70. The molecule has 1 N–H and O–H groups in total. The molecule has 154 valence electrons. The van der Waals surface area contributed by atoms with Gasteiger partial charge in [0.25, 0.3) is 0 Å². The second-order valence-corrected chi connectivity index (χ2v) is 8.91. The van der Waals surface area contributed by atoms with Crippen LogP contribution in [-0.2, 0) is 6.54 Å². The summed E-state index contributed by atoms with van der Waals surface area (Å²) in [4.78, 5) is 12.9. The Morgan fingerprint density at radius 2 is 2.00 bits per heavy atom. The van der Waals surface area contributed by atoms with Crippen molar-refractivity contribution in [3.05, 3.63) is 59.5 Å². The van der Waals surface area contributed by atoms with Crippen molar-refractivity contribution in [3.63, 3.8) is 0 Å². The number of fused-ring (bicyclic) bond motifs is 1. The molecule has 4 nitrogen and oxygen atoms in total. The molecule has 1 aliphatic rings. The number of nitrogens with zero attached hydrogens (tertiary/aromatic N) is 2. The van der Waals surface area contributed by atoms with Crippen LogP contribution in [0.5, 0.6) is 5.75 Å². The lowest BCUT2D eigenvalue weighted by Crippen LogP contribution is -2.28. The molecule has 0 bridgehead atoms. The summed E-state index contributed by atoms with van der Waals surface area (Å²) in [6.45, 7) is 3.42. The highest BCUT2D eigenvalue weighted by Gasteiger charge is 2.16. The highest BCUT2D eigenvalue weighted by atomic mass is 32.1. The van der Waals surface area contributed by atoms with Crippen LogP contribution in [-0.4, -0.2) is 35.1 Å². The predicted octanol–water partition coefficient (Wildman–Crippen LogP) is 6.09. The molecule has 0 amide bonds. The van der Waals surface area contributed by atoms with Crippen molar-refractivity contribution in [2.24, 2.45) is 0 Å². The Morgan fingerprint density at radius 1 is 1.13 bits per heavy atom. The van der Waals surface area contributed by atoms with Gasteiger partial charge in [0.15, 0.2) is 11.6 Å². The van der Waals surface area contributed by atoms with Crippen LogP contribution in [0, 0.1) is 5.82 Å². The number of hydrogen-bond donors (Lipinski definition) is 1. The number of para-hydroxylation sites is 1. The molecule has 0 spiro atoms. The van der Waals surface area contributed by atoms with Crippen LogP contribution in [0.3, 0.4) is 0 Å². The van der Waals surface area contributed by atoms with Gasteiger partial charge in [-0.15, -0.1) is 11.3 Å². The minimum Gasteiger partial charge on any atom is -0.493 e. The molecule has 0 radical (unpaired) electrons. The fraction of sp³-hybridized carbons (Fsp3) is 0.292. The highest BCUT2D eigenvalue weighted by Crippen LogP contribution is 2.38. The first-order chi connectivity index (χ1) is 14.7. The molecule has 0 saturated carbocycles. The number of pyridine rings is 1. The first kappa shape index (κ1) is 19.3. The molecule has 0 unspecified atom stereocenters. The third kappa shape index (κ3) is 3.61.